The summed E-state index contributed by atoms with van der Waals surface area (Å²) in [6, 6.07) is 6.20. The van der Waals surface area contributed by atoms with Crippen molar-refractivity contribution in [1.82, 2.24) is 15.5 Å². The number of aryl methyl sites for hydroxylation is 1. The van der Waals surface area contributed by atoms with E-state index in [2.05, 4.69) is 46.0 Å². The lowest BCUT2D eigenvalue weighted by atomic mass is 9.85. The number of amides is 2. The van der Waals surface area contributed by atoms with Crippen LogP contribution in [0.3, 0.4) is 0 Å². The van der Waals surface area contributed by atoms with Crippen molar-refractivity contribution in [1.29, 1.82) is 0 Å². The van der Waals surface area contributed by atoms with Crippen LogP contribution in [0.2, 0.25) is 0 Å². The second-order valence-corrected chi connectivity index (χ2v) is 8.57. The molecule has 1 aliphatic heterocycles. The number of rotatable bonds is 8. The highest BCUT2D eigenvalue weighted by atomic mass is 127. The number of hydrogen-bond acceptors (Lipinski definition) is 4. The summed E-state index contributed by atoms with van der Waals surface area (Å²) in [4.78, 5) is 31.7. The molecule has 2 fully saturated rings. The summed E-state index contributed by atoms with van der Waals surface area (Å²) in [5.41, 5.74) is 2.29. The SMILES string of the molecule is CCNC(=NCCc1ccc(C)c(OC)c1)NCCN1C(=O)C2C3C=CC(C3)C2C1=O.I. The van der Waals surface area contributed by atoms with Gasteiger partial charge in [-0.15, -0.1) is 24.0 Å². The number of nitrogens with one attached hydrogen (secondary N) is 2. The van der Waals surface area contributed by atoms with Crippen molar-refractivity contribution in [3.05, 3.63) is 41.5 Å². The Labute approximate surface area is 207 Å². The van der Waals surface area contributed by atoms with E-state index in [-0.39, 0.29) is 59.5 Å². The van der Waals surface area contributed by atoms with Crippen LogP contribution in [0.5, 0.6) is 5.75 Å². The highest BCUT2D eigenvalue weighted by Crippen LogP contribution is 2.52. The Hall–Kier alpha value is -2.10. The summed E-state index contributed by atoms with van der Waals surface area (Å²) in [5.74, 6) is 1.84. The van der Waals surface area contributed by atoms with Crippen molar-refractivity contribution in [2.75, 3.05) is 33.3 Å². The van der Waals surface area contributed by atoms with Gasteiger partial charge >= 0.3 is 0 Å². The number of nitrogens with zero attached hydrogens (tertiary/aromatic N) is 2. The molecule has 2 aliphatic carbocycles. The number of fused-ring (bicyclic) bond motifs is 5. The fourth-order valence-electron chi connectivity index (χ4n) is 5.13. The van der Waals surface area contributed by atoms with Crippen LogP contribution < -0.4 is 15.4 Å². The zero-order valence-electron chi connectivity index (χ0n) is 19.0. The first-order valence-corrected chi connectivity index (χ1v) is 11.2. The van der Waals surface area contributed by atoms with E-state index >= 15 is 0 Å². The highest BCUT2D eigenvalue weighted by molar-refractivity contribution is 14.0. The third-order valence-corrected chi connectivity index (χ3v) is 6.68. The van der Waals surface area contributed by atoms with E-state index in [4.69, 9.17) is 4.74 Å². The van der Waals surface area contributed by atoms with E-state index in [0.717, 1.165) is 30.7 Å². The lowest BCUT2D eigenvalue weighted by Crippen LogP contribution is -2.43. The topological polar surface area (TPSA) is 83.0 Å². The third-order valence-electron chi connectivity index (χ3n) is 6.68. The minimum Gasteiger partial charge on any atom is -0.496 e. The molecule has 0 spiro atoms. The van der Waals surface area contributed by atoms with Crippen molar-refractivity contribution in [3.8, 4) is 5.75 Å². The standard InChI is InChI=1S/C24H32N4O3.HI/c1-4-25-24(26-10-9-16-6-5-15(2)19(13-16)31-3)27-11-12-28-22(29)20-17-7-8-18(14-17)21(20)23(28)30;/h5-8,13,17-18,20-21H,4,9-12,14H2,1-3H3,(H2,25,26,27);1H. The van der Waals surface area contributed by atoms with E-state index in [1.165, 1.54) is 10.5 Å². The summed E-state index contributed by atoms with van der Waals surface area (Å²) in [7, 11) is 1.68. The maximum Gasteiger partial charge on any atom is 0.233 e. The number of likely N-dealkylation sites (tertiary alicyclic amines) is 1. The molecular weight excluding hydrogens is 519 g/mol. The van der Waals surface area contributed by atoms with Crippen LogP contribution in [0.1, 0.15) is 24.5 Å². The number of aliphatic imine (C=N–C) groups is 1. The number of hydrogen-bond donors (Lipinski definition) is 2. The van der Waals surface area contributed by atoms with Gasteiger partial charge < -0.3 is 15.4 Å². The monoisotopic (exact) mass is 552 g/mol. The van der Waals surface area contributed by atoms with Gasteiger partial charge in [-0.25, -0.2) is 0 Å². The fourth-order valence-corrected chi connectivity index (χ4v) is 5.13. The molecule has 174 valence electrons. The van der Waals surface area contributed by atoms with Gasteiger partial charge in [-0.3, -0.25) is 19.5 Å². The molecule has 32 heavy (non-hydrogen) atoms. The van der Waals surface area contributed by atoms with Gasteiger partial charge in [0.2, 0.25) is 11.8 Å². The zero-order valence-corrected chi connectivity index (χ0v) is 21.3. The number of guanidine groups is 1. The number of allylic oxidation sites excluding steroid dienone is 2. The Kier molecular flexibility index (Phi) is 8.19. The van der Waals surface area contributed by atoms with Crippen LogP contribution in [0.15, 0.2) is 35.3 Å². The molecular formula is C24H33IN4O3. The number of ether oxygens (including phenoxy) is 1. The molecule has 4 rings (SSSR count). The molecule has 0 radical (unpaired) electrons. The summed E-state index contributed by atoms with van der Waals surface area (Å²) < 4.78 is 5.39. The largest absolute Gasteiger partial charge is 0.496 e. The summed E-state index contributed by atoms with van der Waals surface area (Å²) in [5, 5.41) is 6.49. The first kappa shape index (κ1) is 24.5. The van der Waals surface area contributed by atoms with Gasteiger partial charge in [-0.05, 0) is 55.7 Å². The van der Waals surface area contributed by atoms with Crippen molar-refractivity contribution >= 4 is 41.8 Å². The Morgan fingerprint density at radius 2 is 1.84 bits per heavy atom. The van der Waals surface area contributed by atoms with Crippen molar-refractivity contribution < 1.29 is 14.3 Å². The molecule has 4 atom stereocenters. The minimum atomic E-state index is -0.129. The second kappa shape index (κ2) is 10.7. The van der Waals surface area contributed by atoms with Crippen molar-refractivity contribution in [2.45, 2.75) is 26.7 Å². The lowest BCUT2D eigenvalue weighted by molar-refractivity contribution is -0.140. The Balaban J connectivity index is 0.00000289. The van der Waals surface area contributed by atoms with Crippen molar-refractivity contribution in [3.63, 3.8) is 0 Å². The normalized spacial score (nSPS) is 25.7. The van der Waals surface area contributed by atoms with E-state index in [1.54, 1.807) is 7.11 Å². The molecule has 3 aliphatic rings. The molecule has 1 saturated carbocycles. The average molecular weight is 552 g/mol. The molecule has 1 saturated heterocycles. The number of carbonyl (C=O) groups excluding carboxylic acids is 2. The summed E-state index contributed by atoms with van der Waals surface area (Å²) >= 11 is 0. The molecule has 1 aromatic rings. The van der Waals surface area contributed by atoms with Crippen LogP contribution in [-0.4, -0.2) is 56.0 Å². The zero-order chi connectivity index (χ0) is 22.0. The Bertz CT molecular complexity index is 887. The molecule has 8 heteroatoms. The van der Waals surface area contributed by atoms with Crippen LogP contribution in [0, 0.1) is 30.6 Å². The van der Waals surface area contributed by atoms with E-state index in [0.29, 0.717) is 25.6 Å². The van der Waals surface area contributed by atoms with Crippen LogP contribution >= 0.6 is 24.0 Å². The van der Waals surface area contributed by atoms with Gasteiger partial charge in [0, 0.05) is 26.2 Å². The van der Waals surface area contributed by atoms with Crippen LogP contribution in [-0.2, 0) is 16.0 Å². The lowest BCUT2D eigenvalue weighted by Gasteiger charge is -2.18. The first-order valence-electron chi connectivity index (χ1n) is 11.2. The van der Waals surface area contributed by atoms with Gasteiger partial charge in [0.05, 0.1) is 18.9 Å². The predicted octanol–water partition coefficient (Wildman–Crippen LogP) is 2.53. The first-order chi connectivity index (χ1) is 15.0. The summed E-state index contributed by atoms with van der Waals surface area (Å²) in [6.07, 6.45) is 6.01. The third kappa shape index (κ3) is 4.79. The van der Waals surface area contributed by atoms with Gasteiger partial charge in [-0.1, -0.05) is 24.3 Å². The number of carbonyl (C=O) groups is 2. The quantitative estimate of drug-likeness (QED) is 0.170. The van der Waals surface area contributed by atoms with E-state index in [9.17, 15) is 9.59 Å². The number of halogens is 1. The van der Waals surface area contributed by atoms with Gasteiger partial charge in [0.1, 0.15) is 5.75 Å². The van der Waals surface area contributed by atoms with Gasteiger partial charge in [0.25, 0.3) is 0 Å². The Morgan fingerprint density at radius 3 is 2.47 bits per heavy atom. The molecule has 1 heterocycles. The summed E-state index contributed by atoms with van der Waals surface area (Å²) in [6.45, 7) is 6.28. The number of methoxy groups -OCH3 is 1. The van der Waals surface area contributed by atoms with Crippen LogP contribution in [0.25, 0.3) is 0 Å². The Morgan fingerprint density at radius 1 is 1.16 bits per heavy atom. The fraction of sp³-hybridized carbons (Fsp3) is 0.542. The maximum absolute atomic E-state index is 12.8. The smallest absolute Gasteiger partial charge is 0.233 e. The number of benzene rings is 1. The molecule has 4 unspecified atom stereocenters. The highest BCUT2D eigenvalue weighted by Gasteiger charge is 2.58. The molecule has 0 aromatic heterocycles. The maximum atomic E-state index is 12.8. The van der Waals surface area contributed by atoms with Crippen LogP contribution in [0.4, 0.5) is 0 Å². The van der Waals surface area contributed by atoms with Gasteiger partial charge in [0.15, 0.2) is 5.96 Å². The molecule has 2 amide bonds. The van der Waals surface area contributed by atoms with Crippen molar-refractivity contribution in [2.24, 2.45) is 28.7 Å². The molecule has 7 nitrogen and oxygen atoms in total. The molecule has 1 aromatic carbocycles. The second-order valence-electron chi connectivity index (χ2n) is 8.57. The number of imide groups is 1. The molecule has 2 bridgehead atoms. The van der Waals surface area contributed by atoms with Gasteiger partial charge in [-0.2, -0.15) is 0 Å². The molecule has 2 N–H and O–H groups in total. The predicted molar refractivity (Wildman–Crippen MR) is 135 cm³/mol. The minimum absolute atomic E-state index is 0. The average Bonchev–Trinajstić information content (AvgIpc) is 3.44. The van der Waals surface area contributed by atoms with E-state index < -0.39 is 0 Å². The van der Waals surface area contributed by atoms with E-state index in [1.807, 2.05) is 13.8 Å².